The number of morpholine rings is 1. The summed E-state index contributed by atoms with van der Waals surface area (Å²) in [5.74, 6) is 0.132. The number of nitrogens with zero attached hydrogens (tertiary/aromatic N) is 3. The van der Waals surface area contributed by atoms with Crippen molar-refractivity contribution in [2.75, 3.05) is 37.9 Å². The lowest BCUT2D eigenvalue weighted by atomic mass is 10.0. The normalized spacial score (nSPS) is 19.7. The van der Waals surface area contributed by atoms with Crippen LogP contribution in [0, 0.1) is 5.92 Å². The van der Waals surface area contributed by atoms with E-state index in [1.807, 2.05) is 30.3 Å². The third kappa shape index (κ3) is 4.93. The Labute approximate surface area is 160 Å². The first-order chi connectivity index (χ1) is 13.1. The molecule has 2 heterocycles. The molecule has 0 bridgehead atoms. The highest BCUT2D eigenvalue weighted by Crippen LogP contribution is 2.20. The highest BCUT2D eigenvalue weighted by atomic mass is 16.5. The van der Waals surface area contributed by atoms with E-state index in [2.05, 4.69) is 29.2 Å². The van der Waals surface area contributed by atoms with Gasteiger partial charge in [-0.1, -0.05) is 32.0 Å². The predicted molar refractivity (Wildman–Crippen MR) is 105 cm³/mol. The van der Waals surface area contributed by atoms with Crippen LogP contribution in [0.5, 0.6) is 0 Å². The predicted octanol–water partition coefficient (Wildman–Crippen LogP) is 1.64. The van der Waals surface area contributed by atoms with Crippen LogP contribution in [0.25, 0.3) is 0 Å². The lowest BCUT2D eigenvalue weighted by Crippen LogP contribution is -2.52. The number of hydrazone groups is 1. The summed E-state index contributed by atoms with van der Waals surface area (Å²) in [6, 6.07) is 9.47. The minimum absolute atomic E-state index is 0.0916. The molecule has 1 aromatic carbocycles. The molecule has 0 aliphatic carbocycles. The third-order valence-electron chi connectivity index (χ3n) is 5.05. The van der Waals surface area contributed by atoms with Crippen molar-refractivity contribution in [3.05, 3.63) is 30.3 Å². The van der Waals surface area contributed by atoms with E-state index in [0.29, 0.717) is 30.3 Å². The van der Waals surface area contributed by atoms with Gasteiger partial charge in [0.15, 0.2) is 0 Å². The Balaban J connectivity index is 1.65. The van der Waals surface area contributed by atoms with E-state index in [0.717, 1.165) is 26.3 Å². The summed E-state index contributed by atoms with van der Waals surface area (Å²) in [7, 11) is 0. The number of rotatable bonds is 6. The lowest BCUT2D eigenvalue weighted by Gasteiger charge is -2.37. The maximum Gasteiger partial charge on any atom is 0.267 e. The topological polar surface area (TPSA) is 74.2 Å². The van der Waals surface area contributed by atoms with Crippen LogP contribution in [-0.4, -0.2) is 61.3 Å². The fourth-order valence-corrected chi connectivity index (χ4v) is 3.48. The second-order valence-corrected chi connectivity index (χ2v) is 7.26. The van der Waals surface area contributed by atoms with Gasteiger partial charge in [0.1, 0.15) is 5.71 Å². The third-order valence-corrected chi connectivity index (χ3v) is 5.05. The molecule has 1 fully saturated rings. The van der Waals surface area contributed by atoms with Gasteiger partial charge in [0.25, 0.3) is 5.91 Å². The van der Waals surface area contributed by atoms with Crippen LogP contribution in [0.4, 0.5) is 5.69 Å². The first kappa shape index (κ1) is 19.5. The smallest absolute Gasteiger partial charge is 0.267 e. The van der Waals surface area contributed by atoms with Crippen LogP contribution in [0.2, 0.25) is 0 Å². The SMILES string of the molecule is CC(C)C(CNC(=O)C1=NN(c2ccccc2)C(=O)CC1)N1CCOCC1. The second-order valence-electron chi connectivity index (χ2n) is 7.26. The van der Waals surface area contributed by atoms with Crippen LogP contribution in [0.3, 0.4) is 0 Å². The molecule has 7 nitrogen and oxygen atoms in total. The Kier molecular flexibility index (Phi) is 6.58. The second kappa shape index (κ2) is 9.10. The quantitative estimate of drug-likeness (QED) is 0.824. The molecule has 0 radical (unpaired) electrons. The summed E-state index contributed by atoms with van der Waals surface area (Å²) in [6.07, 6.45) is 0.663. The molecule has 2 aliphatic heterocycles. The van der Waals surface area contributed by atoms with Gasteiger partial charge in [-0.2, -0.15) is 5.10 Å². The number of anilines is 1. The van der Waals surface area contributed by atoms with Gasteiger partial charge in [0.2, 0.25) is 5.91 Å². The van der Waals surface area contributed by atoms with Gasteiger partial charge in [0, 0.05) is 38.5 Å². The molecule has 1 saturated heterocycles. The average Bonchev–Trinajstić information content (AvgIpc) is 2.69. The highest BCUT2D eigenvalue weighted by Gasteiger charge is 2.28. The Morgan fingerprint density at radius 1 is 1.19 bits per heavy atom. The molecule has 0 aromatic heterocycles. The molecule has 2 amide bonds. The van der Waals surface area contributed by atoms with Gasteiger partial charge in [-0.05, 0) is 18.1 Å². The van der Waals surface area contributed by atoms with Crippen LogP contribution in [0.1, 0.15) is 26.7 Å². The van der Waals surface area contributed by atoms with Gasteiger partial charge in [-0.3, -0.25) is 14.5 Å². The zero-order chi connectivity index (χ0) is 19.2. The van der Waals surface area contributed by atoms with Crippen molar-refractivity contribution in [3.8, 4) is 0 Å². The van der Waals surface area contributed by atoms with Crippen LogP contribution in [-0.2, 0) is 14.3 Å². The summed E-state index contributed by atoms with van der Waals surface area (Å²) in [4.78, 5) is 27.2. The summed E-state index contributed by atoms with van der Waals surface area (Å²) < 4.78 is 5.43. The zero-order valence-electron chi connectivity index (χ0n) is 16.1. The number of benzene rings is 1. The van der Waals surface area contributed by atoms with Gasteiger partial charge >= 0.3 is 0 Å². The Morgan fingerprint density at radius 3 is 2.56 bits per heavy atom. The van der Waals surface area contributed by atoms with E-state index in [4.69, 9.17) is 4.74 Å². The molecular formula is C20H28N4O3. The largest absolute Gasteiger partial charge is 0.379 e. The molecule has 1 unspecified atom stereocenters. The van der Waals surface area contributed by atoms with Crippen molar-refractivity contribution in [1.29, 1.82) is 0 Å². The van der Waals surface area contributed by atoms with Crippen molar-refractivity contribution >= 4 is 23.2 Å². The summed E-state index contributed by atoms with van der Waals surface area (Å²) in [5, 5.41) is 8.68. The number of carbonyl (C=O) groups is 2. The molecule has 0 spiro atoms. The van der Waals surface area contributed by atoms with Crippen molar-refractivity contribution in [2.24, 2.45) is 11.0 Å². The van der Waals surface area contributed by atoms with Crippen LogP contribution < -0.4 is 10.3 Å². The van der Waals surface area contributed by atoms with E-state index >= 15 is 0 Å². The maximum absolute atomic E-state index is 12.7. The van der Waals surface area contributed by atoms with E-state index in [1.165, 1.54) is 5.01 Å². The van der Waals surface area contributed by atoms with Gasteiger partial charge in [-0.15, -0.1) is 0 Å². The summed E-state index contributed by atoms with van der Waals surface area (Å²) in [5.41, 5.74) is 1.09. The number of hydrogen-bond acceptors (Lipinski definition) is 5. The van der Waals surface area contributed by atoms with E-state index in [9.17, 15) is 9.59 Å². The van der Waals surface area contributed by atoms with Crippen molar-refractivity contribution < 1.29 is 14.3 Å². The van der Waals surface area contributed by atoms with Crippen LogP contribution >= 0.6 is 0 Å². The maximum atomic E-state index is 12.7. The van der Waals surface area contributed by atoms with Crippen molar-refractivity contribution in [1.82, 2.24) is 10.2 Å². The Bertz CT molecular complexity index is 684. The number of hydrogen-bond donors (Lipinski definition) is 1. The zero-order valence-corrected chi connectivity index (χ0v) is 16.1. The number of ether oxygens (including phenoxy) is 1. The highest BCUT2D eigenvalue weighted by molar-refractivity contribution is 6.40. The Morgan fingerprint density at radius 2 is 1.89 bits per heavy atom. The minimum atomic E-state index is -0.192. The molecule has 3 rings (SSSR count). The monoisotopic (exact) mass is 372 g/mol. The molecule has 2 aliphatic rings. The Hall–Kier alpha value is -2.25. The number of carbonyl (C=O) groups excluding carboxylic acids is 2. The molecule has 1 aromatic rings. The molecular weight excluding hydrogens is 344 g/mol. The molecule has 27 heavy (non-hydrogen) atoms. The first-order valence-electron chi connectivity index (χ1n) is 9.61. The van der Waals surface area contributed by atoms with Crippen molar-refractivity contribution in [3.63, 3.8) is 0 Å². The first-order valence-corrected chi connectivity index (χ1v) is 9.61. The average molecular weight is 372 g/mol. The summed E-state index contributed by atoms with van der Waals surface area (Å²) in [6.45, 7) is 8.14. The van der Waals surface area contributed by atoms with E-state index < -0.39 is 0 Å². The fourth-order valence-electron chi connectivity index (χ4n) is 3.48. The van der Waals surface area contributed by atoms with E-state index in [1.54, 1.807) is 0 Å². The van der Waals surface area contributed by atoms with Crippen molar-refractivity contribution in [2.45, 2.75) is 32.7 Å². The molecule has 146 valence electrons. The fraction of sp³-hybridized carbons (Fsp3) is 0.550. The number of para-hydroxylation sites is 1. The molecule has 0 saturated carbocycles. The van der Waals surface area contributed by atoms with Gasteiger partial charge in [0.05, 0.1) is 18.9 Å². The minimum Gasteiger partial charge on any atom is -0.379 e. The van der Waals surface area contributed by atoms with E-state index in [-0.39, 0.29) is 24.3 Å². The number of nitrogens with one attached hydrogen (secondary N) is 1. The van der Waals surface area contributed by atoms with Gasteiger partial charge < -0.3 is 10.1 Å². The standard InChI is InChI=1S/C20H28N4O3/c1-15(2)18(23-10-12-27-13-11-23)14-21-20(26)17-8-9-19(25)24(22-17)16-6-4-3-5-7-16/h3-7,15,18H,8-14H2,1-2H3,(H,21,26). The lowest BCUT2D eigenvalue weighted by molar-refractivity contribution is -0.119. The number of amides is 2. The van der Waals surface area contributed by atoms with Crippen LogP contribution in [0.15, 0.2) is 35.4 Å². The molecule has 1 atom stereocenters. The van der Waals surface area contributed by atoms with Gasteiger partial charge in [-0.25, -0.2) is 5.01 Å². The molecule has 1 N–H and O–H groups in total. The molecule has 7 heteroatoms. The summed E-state index contributed by atoms with van der Waals surface area (Å²) >= 11 is 0.